The first-order chi connectivity index (χ1) is 12.2. The van der Waals surface area contributed by atoms with E-state index in [4.69, 9.17) is 26.4 Å². The van der Waals surface area contributed by atoms with Crippen molar-refractivity contribution in [1.82, 2.24) is 15.6 Å². The second-order valence-corrected chi connectivity index (χ2v) is 5.99. The van der Waals surface area contributed by atoms with Crippen LogP contribution in [0.1, 0.15) is 12.0 Å². The average Bonchev–Trinajstić information content (AvgIpc) is 2.65. The molecule has 2 N–H and O–H groups in total. The van der Waals surface area contributed by atoms with E-state index >= 15 is 0 Å². The first-order valence-corrected chi connectivity index (χ1v) is 8.72. The highest BCUT2D eigenvalue weighted by Gasteiger charge is 2.09. The summed E-state index contributed by atoms with van der Waals surface area (Å²) >= 11 is 5.22. The summed E-state index contributed by atoms with van der Waals surface area (Å²) in [6, 6.07) is 5.55. The van der Waals surface area contributed by atoms with Crippen molar-refractivity contribution >= 4 is 23.5 Å². The Hall–Kier alpha value is -1.90. The number of rotatable bonds is 8. The second-order valence-electron chi connectivity index (χ2n) is 5.58. The van der Waals surface area contributed by atoms with Crippen molar-refractivity contribution in [3.05, 3.63) is 23.8 Å². The van der Waals surface area contributed by atoms with Gasteiger partial charge in [0.25, 0.3) is 0 Å². The summed E-state index contributed by atoms with van der Waals surface area (Å²) in [6.45, 7) is 5.54. The van der Waals surface area contributed by atoms with Crippen LogP contribution in [0.15, 0.2) is 23.3 Å². The Labute approximate surface area is 154 Å². The zero-order chi connectivity index (χ0) is 17.9. The lowest BCUT2D eigenvalue weighted by atomic mass is 10.2. The maximum Gasteiger partial charge on any atom is 0.186 e. The number of thiocarbonyl (C=S) groups is 1. The van der Waals surface area contributed by atoms with Gasteiger partial charge in [0.05, 0.1) is 33.6 Å². The molecule has 0 bridgehead atoms. The molecule has 0 atom stereocenters. The van der Waals surface area contributed by atoms with Gasteiger partial charge in [0.1, 0.15) is 11.5 Å². The molecule has 138 valence electrons. The molecule has 0 radical (unpaired) electrons. The monoisotopic (exact) mass is 366 g/mol. The van der Waals surface area contributed by atoms with E-state index in [2.05, 4.69) is 20.7 Å². The minimum absolute atomic E-state index is 0.507. The molecule has 0 saturated carbocycles. The number of methoxy groups -OCH3 is 2. The van der Waals surface area contributed by atoms with Gasteiger partial charge in [0.15, 0.2) is 5.11 Å². The number of hydrazone groups is 1. The third-order valence-corrected chi connectivity index (χ3v) is 4.03. The van der Waals surface area contributed by atoms with Crippen LogP contribution < -0.4 is 20.2 Å². The highest BCUT2D eigenvalue weighted by atomic mass is 32.1. The van der Waals surface area contributed by atoms with E-state index in [1.54, 1.807) is 20.4 Å². The Balaban J connectivity index is 1.67. The lowest BCUT2D eigenvalue weighted by Gasteiger charge is -2.26. The summed E-state index contributed by atoms with van der Waals surface area (Å²) in [6.07, 6.45) is 2.70. The highest BCUT2D eigenvalue weighted by Crippen LogP contribution is 2.21. The Bertz CT molecular complexity index is 555. The van der Waals surface area contributed by atoms with Crippen molar-refractivity contribution in [3.63, 3.8) is 0 Å². The lowest BCUT2D eigenvalue weighted by molar-refractivity contribution is 0.0376. The predicted octanol–water partition coefficient (Wildman–Crippen LogP) is 1.22. The molecule has 25 heavy (non-hydrogen) atoms. The average molecular weight is 366 g/mol. The predicted molar refractivity (Wildman–Crippen MR) is 103 cm³/mol. The quantitative estimate of drug-likeness (QED) is 0.310. The maximum atomic E-state index is 5.33. The fraction of sp³-hybridized carbons (Fsp3) is 0.529. The third kappa shape index (κ3) is 7.25. The first-order valence-electron chi connectivity index (χ1n) is 8.31. The Kier molecular flexibility index (Phi) is 8.44. The van der Waals surface area contributed by atoms with E-state index in [-0.39, 0.29) is 0 Å². The van der Waals surface area contributed by atoms with Crippen LogP contribution in [0.3, 0.4) is 0 Å². The van der Waals surface area contributed by atoms with E-state index in [0.717, 1.165) is 51.4 Å². The molecular formula is C17H26N4O3S. The van der Waals surface area contributed by atoms with Crippen LogP contribution in [0.25, 0.3) is 0 Å². The molecule has 0 unspecified atom stereocenters. The van der Waals surface area contributed by atoms with Gasteiger partial charge in [-0.2, -0.15) is 5.10 Å². The topological polar surface area (TPSA) is 67.4 Å². The van der Waals surface area contributed by atoms with Gasteiger partial charge in [-0.15, -0.1) is 0 Å². The molecule has 7 nitrogen and oxygen atoms in total. The van der Waals surface area contributed by atoms with Crippen molar-refractivity contribution in [2.24, 2.45) is 5.10 Å². The van der Waals surface area contributed by atoms with E-state index in [0.29, 0.717) is 16.6 Å². The zero-order valence-electron chi connectivity index (χ0n) is 14.8. The van der Waals surface area contributed by atoms with Crippen molar-refractivity contribution in [2.75, 3.05) is 53.6 Å². The summed E-state index contributed by atoms with van der Waals surface area (Å²) in [7, 11) is 3.23. The number of hydrogen-bond acceptors (Lipinski definition) is 6. The molecular weight excluding hydrogens is 340 g/mol. The van der Waals surface area contributed by atoms with Crippen LogP contribution in [0, 0.1) is 0 Å². The summed E-state index contributed by atoms with van der Waals surface area (Å²) in [4.78, 5) is 2.40. The number of ether oxygens (including phenoxy) is 3. The SMILES string of the molecule is COc1cc(/C=N\NC(=S)NCCCN2CCOCC2)cc(OC)c1. The third-order valence-electron chi connectivity index (χ3n) is 3.79. The van der Waals surface area contributed by atoms with E-state index in [1.807, 2.05) is 18.2 Å². The molecule has 1 aliphatic rings. The fourth-order valence-corrected chi connectivity index (χ4v) is 2.59. The molecule has 8 heteroatoms. The van der Waals surface area contributed by atoms with Gasteiger partial charge in [-0.05, 0) is 37.3 Å². The Morgan fingerprint density at radius 3 is 2.56 bits per heavy atom. The van der Waals surface area contributed by atoms with Crippen molar-refractivity contribution in [1.29, 1.82) is 0 Å². The fourth-order valence-electron chi connectivity index (χ4n) is 2.44. The van der Waals surface area contributed by atoms with Crippen LogP contribution in [0.4, 0.5) is 0 Å². The zero-order valence-corrected chi connectivity index (χ0v) is 15.6. The molecule has 1 saturated heterocycles. The molecule has 0 amide bonds. The molecule has 1 aromatic carbocycles. The standard InChI is InChI=1S/C17H26N4O3S/c1-22-15-10-14(11-16(12-15)23-2)13-19-20-17(25)18-4-3-5-21-6-8-24-9-7-21/h10-13H,3-9H2,1-2H3,(H2,18,20,25)/b19-13-. The number of benzene rings is 1. The van der Waals surface area contributed by atoms with E-state index in [1.165, 1.54) is 0 Å². The van der Waals surface area contributed by atoms with Gasteiger partial charge >= 0.3 is 0 Å². The molecule has 0 aliphatic carbocycles. The number of hydrogen-bond donors (Lipinski definition) is 2. The van der Waals surface area contributed by atoms with Crippen molar-refractivity contribution in [2.45, 2.75) is 6.42 Å². The van der Waals surface area contributed by atoms with Crippen LogP contribution in [-0.4, -0.2) is 69.8 Å². The largest absolute Gasteiger partial charge is 0.497 e. The van der Waals surface area contributed by atoms with Gasteiger partial charge in [0.2, 0.25) is 0 Å². The summed E-state index contributed by atoms with van der Waals surface area (Å²) in [5, 5.41) is 7.80. The first kappa shape index (κ1) is 19.4. The van der Waals surface area contributed by atoms with Crippen LogP contribution in [0.2, 0.25) is 0 Å². The van der Waals surface area contributed by atoms with Gasteiger partial charge in [0, 0.05) is 31.3 Å². The lowest BCUT2D eigenvalue weighted by Crippen LogP contribution is -2.39. The molecule has 0 spiro atoms. The van der Waals surface area contributed by atoms with Crippen LogP contribution in [-0.2, 0) is 4.74 Å². The number of nitrogens with one attached hydrogen (secondary N) is 2. The van der Waals surface area contributed by atoms with E-state index < -0.39 is 0 Å². The summed E-state index contributed by atoms with van der Waals surface area (Å²) in [5.74, 6) is 1.43. The minimum Gasteiger partial charge on any atom is -0.497 e. The van der Waals surface area contributed by atoms with Crippen LogP contribution >= 0.6 is 12.2 Å². The minimum atomic E-state index is 0.507. The van der Waals surface area contributed by atoms with Crippen molar-refractivity contribution in [3.8, 4) is 11.5 Å². The van der Waals surface area contributed by atoms with Gasteiger partial charge in [-0.3, -0.25) is 10.3 Å². The number of nitrogens with zero attached hydrogens (tertiary/aromatic N) is 2. The molecule has 1 fully saturated rings. The van der Waals surface area contributed by atoms with Crippen molar-refractivity contribution < 1.29 is 14.2 Å². The highest BCUT2D eigenvalue weighted by molar-refractivity contribution is 7.80. The summed E-state index contributed by atoms with van der Waals surface area (Å²) < 4.78 is 15.8. The second kappa shape index (κ2) is 10.9. The molecule has 2 rings (SSSR count). The normalized spacial score (nSPS) is 15.1. The molecule has 1 aliphatic heterocycles. The molecule has 0 aromatic heterocycles. The van der Waals surface area contributed by atoms with Crippen LogP contribution in [0.5, 0.6) is 11.5 Å². The Morgan fingerprint density at radius 1 is 1.24 bits per heavy atom. The summed E-state index contributed by atoms with van der Waals surface area (Å²) in [5.41, 5.74) is 3.68. The maximum absolute atomic E-state index is 5.33. The van der Waals surface area contributed by atoms with Gasteiger partial charge < -0.3 is 19.5 Å². The van der Waals surface area contributed by atoms with E-state index in [9.17, 15) is 0 Å². The van der Waals surface area contributed by atoms with Gasteiger partial charge in [-0.1, -0.05) is 0 Å². The molecule has 1 heterocycles. The molecule has 1 aromatic rings. The number of morpholine rings is 1. The smallest absolute Gasteiger partial charge is 0.186 e. The van der Waals surface area contributed by atoms with Gasteiger partial charge in [-0.25, -0.2) is 0 Å². The Morgan fingerprint density at radius 2 is 1.92 bits per heavy atom.